The molecule has 168 valence electrons. The smallest absolute Gasteiger partial charge is 0.262 e. The molecule has 0 unspecified atom stereocenters. The van der Waals surface area contributed by atoms with Gasteiger partial charge in [0.1, 0.15) is 11.5 Å². The van der Waals surface area contributed by atoms with Crippen molar-refractivity contribution in [3.63, 3.8) is 0 Å². The normalized spacial score (nSPS) is 15.5. The fourth-order valence-electron chi connectivity index (χ4n) is 3.91. The van der Waals surface area contributed by atoms with Crippen molar-refractivity contribution >= 4 is 29.0 Å². The Kier molecular flexibility index (Phi) is 6.69. The van der Waals surface area contributed by atoms with Gasteiger partial charge in [-0.15, -0.1) is 6.58 Å². The SMILES string of the molecule is C=CCn1c(=S)[nH]c2cc(C(=O)NC[C@@H](c3ccc(C)o3)N3CCOCC3)ccc2c1=O. The first-order valence-corrected chi connectivity index (χ1v) is 10.9. The second-order valence-corrected chi connectivity index (χ2v) is 8.10. The van der Waals surface area contributed by atoms with Crippen molar-refractivity contribution in [1.82, 2.24) is 19.8 Å². The minimum atomic E-state index is -0.233. The number of benzene rings is 1. The van der Waals surface area contributed by atoms with Crippen molar-refractivity contribution in [2.75, 3.05) is 32.8 Å². The van der Waals surface area contributed by atoms with Crippen LogP contribution >= 0.6 is 12.2 Å². The summed E-state index contributed by atoms with van der Waals surface area (Å²) in [6.07, 6.45) is 1.62. The number of carbonyl (C=O) groups excluding carboxylic acids is 1. The Morgan fingerprint density at radius 1 is 1.31 bits per heavy atom. The molecule has 1 aliphatic rings. The Morgan fingerprint density at radius 3 is 2.78 bits per heavy atom. The maximum absolute atomic E-state index is 12.9. The van der Waals surface area contributed by atoms with Gasteiger partial charge >= 0.3 is 0 Å². The van der Waals surface area contributed by atoms with Crippen LogP contribution in [0.25, 0.3) is 10.9 Å². The van der Waals surface area contributed by atoms with E-state index in [1.807, 2.05) is 19.1 Å². The largest absolute Gasteiger partial charge is 0.465 e. The monoisotopic (exact) mass is 454 g/mol. The molecule has 2 N–H and O–H groups in total. The zero-order valence-corrected chi connectivity index (χ0v) is 18.7. The highest BCUT2D eigenvalue weighted by Crippen LogP contribution is 2.23. The van der Waals surface area contributed by atoms with Gasteiger partial charge in [-0.3, -0.25) is 19.1 Å². The van der Waals surface area contributed by atoms with Gasteiger partial charge in [0.25, 0.3) is 11.5 Å². The number of nitrogens with one attached hydrogen (secondary N) is 2. The van der Waals surface area contributed by atoms with Crippen molar-refractivity contribution in [2.24, 2.45) is 0 Å². The molecule has 0 bridgehead atoms. The van der Waals surface area contributed by atoms with Gasteiger partial charge in [0, 0.05) is 31.7 Å². The van der Waals surface area contributed by atoms with Crippen LogP contribution in [0.15, 0.2) is 52.2 Å². The van der Waals surface area contributed by atoms with E-state index in [0.717, 1.165) is 24.6 Å². The Hall–Kier alpha value is -3.01. The average Bonchev–Trinajstić information content (AvgIpc) is 3.23. The fourth-order valence-corrected chi connectivity index (χ4v) is 4.18. The van der Waals surface area contributed by atoms with Gasteiger partial charge in [-0.2, -0.15) is 0 Å². The first kappa shape index (κ1) is 22.2. The number of ether oxygens (including phenoxy) is 1. The molecule has 0 saturated carbocycles. The lowest BCUT2D eigenvalue weighted by atomic mass is 10.1. The van der Waals surface area contributed by atoms with Gasteiger partial charge in [0.2, 0.25) is 0 Å². The van der Waals surface area contributed by atoms with Crippen molar-refractivity contribution in [1.29, 1.82) is 0 Å². The number of carbonyl (C=O) groups is 1. The summed E-state index contributed by atoms with van der Waals surface area (Å²) in [7, 11) is 0. The summed E-state index contributed by atoms with van der Waals surface area (Å²) in [6.45, 7) is 9.11. The summed E-state index contributed by atoms with van der Waals surface area (Å²) in [4.78, 5) is 30.9. The van der Waals surface area contributed by atoms with E-state index in [-0.39, 0.29) is 17.5 Å². The number of amides is 1. The third-order valence-electron chi connectivity index (χ3n) is 5.59. The van der Waals surface area contributed by atoms with Crippen molar-refractivity contribution < 1.29 is 13.9 Å². The molecule has 8 nitrogen and oxygen atoms in total. The number of allylic oxidation sites excluding steroid dienone is 1. The number of aromatic nitrogens is 2. The molecule has 0 spiro atoms. The first-order chi connectivity index (χ1) is 15.5. The second-order valence-electron chi connectivity index (χ2n) is 7.72. The molecule has 0 aliphatic carbocycles. The van der Waals surface area contributed by atoms with Gasteiger partial charge in [0.05, 0.1) is 30.2 Å². The van der Waals surface area contributed by atoms with Crippen LogP contribution in [-0.4, -0.2) is 53.2 Å². The molecule has 0 radical (unpaired) electrons. The molecule has 3 aromatic rings. The molecule has 32 heavy (non-hydrogen) atoms. The molecular formula is C23H26N4O4S. The molecule has 9 heteroatoms. The average molecular weight is 455 g/mol. The van der Waals surface area contributed by atoms with Crippen molar-refractivity contribution in [3.8, 4) is 0 Å². The molecule has 3 heterocycles. The van der Waals surface area contributed by atoms with Gasteiger partial charge in [-0.25, -0.2) is 0 Å². The van der Waals surface area contributed by atoms with Crippen LogP contribution < -0.4 is 10.9 Å². The Bertz CT molecular complexity index is 1250. The van der Waals surface area contributed by atoms with E-state index in [4.69, 9.17) is 21.4 Å². The lowest BCUT2D eigenvalue weighted by Crippen LogP contribution is -2.43. The molecule has 1 saturated heterocycles. The molecule has 2 aromatic heterocycles. The van der Waals surface area contributed by atoms with Crippen LogP contribution in [-0.2, 0) is 11.3 Å². The first-order valence-electron chi connectivity index (χ1n) is 10.5. The molecule has 1 aromatic carbocycles. The number of hydrogen-bond acceptors (Lipinski definition) is 6. The molecule has 4 rings (SSSR count). The number of aryl methyl sites for hydroxylation is 1. The number of furan rings is 1. The number of nitrogens with zero attached hydrogens (tertiary/aromatic N) is 2. The zero-order chi connectivity index (χ0) is 22.7. The van der Waals surface area contributed by atoms with Crippen LogP contribution in [0.5, 0.6) is 0 Å². The number of fused-ring (bicyclic) bond motifs is 1. The Morgan fingerprint density at radius 2 is 2.09 bits per heavy atom. The lowest BCUT2D eigenvalue weighted by Gasteiger charge is -2.33. The molecule has 1 fully saturated rings. The van der Waals surface area contributed by atoms with E-state index in [1.54, 1.807) is 24.3 Å². The highest BCUT2D eigenvalue weighted by Gasteiger charge is 2.26. The van der Waals surface area contributed by atoms with Crippen LogP contribution in [0.3, 0.4) is 0 Å². The second kappa shape index (κ2) is 9.64. The third kappa shape index (κ3) is 4.59. The summed E-state index contributed by atoms with van der Waals surface area (Å²) < 4.78 is 13.0. The van der Waals surface area contributed by atoms with Crippen molar-refractivity contribution in [2.45, 2.75) is 19.5 Å². The summed E-state index contributed by atoms with van der Waals surface area (Å²) in [6, 6.07) is 8.73. The minimum absolute atomic E-state index is 0.0890. The predicted octanol–water partition coefficient (Wildman–Crippen LogP) is 2.95. The van der Waals surface area contributed by atoms with Crippen LogP contribution in [0, 0.1) is 11.7 Å². The topological polar surface area (TPSA) is 92.5 Å². The van der Waals surface area contributed by atoms with Gasteiger partial charge in [0.15, 0.2) is 4.77 Å². The summed E-state index contributed by atoms with van der Waals surface area (Å²) in [5.74, 6) is 1.41. The number of morpholine rings is 1. The number of H-pyrrole nitrogens is 1. The van der Waals surface area contributed by atoms with E-state index >= 15 is 0 Å². The molecule has 1 aliphatic heterocycles. The van der Waals surface area contributed by atoms with E-state index in [0.29, 0.717) is 47.5 Å². The minimum Gasteiger partial charge on any atom is -0.465 e. The molecule has 1 amide bonds. The fraction of sp³-hybridized carbons (Fsp3) is 0.348. The standard InChI is InChI=1S/C23H26N4O4S/c1-3-8-27-22(29)17-6-5-16(13-18(17)25-23(27)32)21(28)24-14-19(20-7-4-15(2)31-20)26-9-11-30-12-10-26/h3-7,13,19H,1,8-12,14H2,2H3,(H,24,28)(H,25,32)/t19-/m0/s1. The molecule has 1 atom stereocenters. The number of aromatic amines is 1. The Balaban J connectivity index is 1.55. The predicted molar refractivity (Wildman–Crippen MR) is 125 cm³/mol. The molecular weight excluding hydrogens is 428 g/mol. The summed E-state index contributed by atoms with van der Waals surface area (Å²) in [5.41, 5.74) is 0.760. The van der Waals surface area contributed by atoms with Gasteiger partial charge in [-0.05, 0) is 49.5 Å². The van der Waals surface area contributed by atoms with Gasteiger partial charge in [-0.1, -0.05) is 6.08 Å². The quantitative estimate of drug-likeness (QED) is 0.421. The highest BCUT2D eigenvalue weighted by molar-refractivity contribution is 7.71. The third-order valence-corrected chi connectivity index (χ3v) is 5.91. The van der Waals surface area contributed by atoms with Crippen molar-refractivity contribution in [3.05, 3.63) is 75.2 Å². The van der Waals surface area contributed by atoms with Gasteiger partial charge < -0.3 is 19.5 Å². The van der Waals surface area contributed by atoms with Crippen LogP contribution in [0.2, 0.25) is 0 Å². The van der Waals surface area contributed by atoms with E-state index in [1.165, 1.54) is 4.57 Å². The Labute approximate surface area is 190 Å². The summed E-state index contributed by atoms with van der Waals surface area (Å²) in [5, 5.41) is 3.48. The van der Waals surface area contributed by atoms with Crippen LogP contribution in [0.4, 0.5) is 0 Å². The summed E-state index contributed by atoms with van der Waals surface area (Å²) >= 11 is 5.29. The van der Waals surface area contributed by atoms with E-state index in [2.05, 4.69) is 21.8 Å². The maximum atomic E-state index is 12.9. The van der Waals surface area contributed by atoms with Crippen LogP contribution in [0.1, 0.15) is 27.9 Å². The number of hydrogen-bond donors (Lipinski definition) is 2. The lowest BCUT2D eigenvalue weighted by molar-refractivity contribution is 0.0117. The van der Waals surface area contributed by atoms with E-state index in [9.17, 15) is 9.59 Å². The highest BCUT2D eigenvalue weighted by atomic mass is 32.1. The zero-order valence-electron chi connectivity index (χ0n) is 17.9. The maximum Gasteiger partial charge on any atom is 0.262 e. The van der Waals surface area contributed by atoms with E-state index < -0.39 is 0 Å². The number of rotatable bonds is 7.